The maximum Gasteiger partial charge on any atom is 0.236 e. The lowest BCUT2D eigenvalue weighted by atomic mass is 10.0. The first-order valence-electron chi connectivity index (χ1n) is 8.45. The number of nitrogens with zero attached hydrogens (tertiary/aromatic N) is 3. The molecule has 1 fully saturated rings. The highest BCUT2D eigenvalue weighted by Crippen LogP contribution is 2.20. The van der Waals surface area contributed by atoms with Crippen molar-refractivity contribution in [2.75, 3.05) is 20.1 Å². The Labute approximate surface area is 138 Å². The Bertz CT molecular complexity index is 680. The molecule has 1 saturated heterocycles. The van der Waals surface area contributed by atoms with Crippen LogP contribution < -0.4 is 0 Å². The van der Waals surface area contributed by atoms with Gasteiger partial charge >= 0.3 is 0 Å². The van der Waals surface area contributed by atoms with Gasteiger partial charge < -0.3 is 4.90 Å². The maximum absolute atomic E-state index is 12.6. The fourth-order valence-electron chi connectivity index (χ4n) is 3.36. The molecule has 23 heavy (non-hydrogen) atoms. The number of pyridine rings is 1. The van der Waals surface area contributed by atoms with E-state index in [0.717, 1.165) is 11.9 Å². The van der Waals surface area contributed by atoms with Crippen molar-refractivity contribution in [3.05, 3.63) is 42.2 Å². The predicted molar refractivity (Wildman–Crippen MR) is 93.1 cm³/mol. The van der Waals surface area contributed by atoms with Crippen LogP contribution in [0.25, 0.3) is 10.8 Å². The largest absolute Gasteiger partial charge is 0.340 e. The van der Waals surface area contributed by atoms with Crippen LogP contribution in [0.1, 0.15) is 31.7 Å². The number of rotatable bonds is 4. The average Bonchev–Trinajstić information content (AvgIpc) is 2.57. The Morgan fingerprint density at radius 3 is 3.04 bits per heavy atom. The second kappa shape index (κ2) is 7.09. The predicted octanol–water partition coefficient (Wildman–Crippen LogP) is 3.07. The van der Waals surface area contributed by atoms with Gasteiger partial charge in [0.15, 0.2) is 0 Å². The summed E-state index contributed by atoms with van der Waals surface area (Å²) in [5.74, 6) is 0.199. The number of hydrogen-bond donors (Lipinski definition) is 0. The van der Waals surface area contributed by atoms with Gasteiger partial charge in [0.05, 0.1) is 6.54 Å². The SMILES string of the molecule is C[C@H]1CCCCN1CC(=O)N(C)Cc1cccc2cnccc12. The molecule has 2 heterocycles. The zero-order valence-electron chi connectivity index (χ0n) is 14.0. The summed E-state index contributed by atoms with van der Waals surface area (Å²) in [5, 5.41) is 2.30. The third-order valence-electron chi connectivity index (χ3n) is 4.88. The minimum Gasteiger partial charge on any atom is -0.340 e. The molecule has 0 N–H and O–H groups in total. The standard InChI is InChI=1S/C19H25N3O/c1-15-6-3-4-11-22(15)14-19(23)21(2)13-17-8-5-7-16-12-20-10-9-18(16)17/h5,7-10,12,15H,3-4,6,11,13-14H2,1-2H3/t15-/m0/s1. The quantitative estimate of drug-likeness (QED) is 0.870. The Kier molecular flexibility index (Phi) is 4.91. The van der Waals surface area contributed by atoms with Crippen LogP contribution in [-0.4, -0.2) is 46.9 Å². The van der Waals surface area contributed by atoms with Gasteiger partial charge in [-0.25, -0.2) is 0 Å². The molecule has 1 aromatic heterocycles. The van der Waals surface area contributed by atoms with Gasteiger partial charge in [-0.05, 0) is 43.3 Å². The van der Waals surface area contributed by atoms with E-state index in [2.05, 4.69) is 28.9 Å². The number of likely N-dealkylation sites (tertiary alicyclic amines) is 1. The van der Waals surface area contributed by atoms with Crippen LogP contribution in [-0.2, 0) is 11.3 Å². The Morgan fingerprint density at radius 2 is 2.22 bits per heavy atom. The lowest BCUT2D eigenvalue weighted by molar-refractivity contribution is -0.132. The van der Waals surface area contributed by atoms with Crippen molar-refractivity contribution in [1.82, 2.24) is 14.8 Å². The number of amides is 1. The van der Waals surface area contributed by atoms with Gasteiger partial charge in [0, 0.05) is 37.4 Å². The summed E-state index contributed by atoms with van der Waals surface area (Å²) in [4.78, 5) is 20.9. The van der Waals surface area contributed by atoms with Gasteiger partial charge in [0.1, 0.15) is 0 Å². The Hall–Kier alpha value is -1.94. The van der Waals surface area contributed by atoms with Gasteiger partial charge in [-0.2, -0.15) is 0 Å². The van der Waals surface area contributed by atoms with E-state index < -0.39 is 0 Å². The Balaban J connectivity index is 1.68. The first-order valence-corrected chi connectivity index (χ1v) is 8.45. The first-order chi connectivity index (χ1) is 11.1. The summed E-state index contributed by atoms with van der Waals surface area (Å²) in [5.41, 5.74) is 1.17. The minimum absolute atomic E-state index is 0.199. The number of hydrogen-bond acceptors (Lipinski definition) is 3. The minimum atomic E-state index is 0.199. The molecule has 1 aromatic carbocycles. The number of fused-ring (bicyclic) bond motifs is 1. The molecule has 3 rings (SSSR count). The summed E-state index contributed by atoms with van der Waals surface area (Å²) in [6.07, 6.45) is 7.37. The van der Waals surface area contributed by atoms with Crippen LogP contribution in [0.15, 0.2) is 36.7 Å². The molecule has 122 valence electrons. The van der Waals surface area contributed by atoms with Crippen LogP contribution in [0, 0.1) is 0 Å². The van der Waals surface area contributed by atoms with Crippen molar-refractivity contribution in [3.63, 3.8) is 0 Å². The van der Waals surface area contributed by atoms with Crippen molar-refractivity contribution in [3.8, 4) is 0 Å². The smallest absolute Gasteiger partial charge is 0.236 e. The molecule has 0 aliphatic carbocycles. The van der Waals surface area contributed by atoms with Crippen LogP contribution in [0.5, 0.6) is 0 Å². The summed E-state index contributed by atoms with van der Waals surface area (Å²) in [6, 6.07) is 8.73. The molecule has 0 radical (unpaired) electrons. The van der Waals surface area contributed by atoms with E-state index in [1.165, 1.54) is 30.2 Å². The number of aromatic nitrogens is 1. The lowest BCUT2D eigenvalue weighted by Gasteiger charge is -2.33. The van der Waals surface area contributed by atoms with Gasteiger partial charge in [-0.15, -0.1) is 0 Å². The summed E-state index contributed by atoms with van der Waals surface area (Å²) in [6.45, 7) is 4.44. The molecular formula is C19H25N3O. The number of likely N-dealkylation sites (N-methyl/N-ethyl adjacent to an activating group) is 1. The van der Waals surface area contributed by atoms with Crippen LogP contribution in [0.2, 0.25) is 0 Å². The molecule has 1 aliphatic rings. The second-order valence-electron chi connectivity index (χ2n) is 6.58. The van der Waals surface area contributed by atoms with E-state index in [4.69, 9.17) is 0 Å². The van der Waals surface area contributed by atoms with Crippen molar-refractivity contribution in [2.45, 2.75) is 38.8 Å². The zero-order valence-corrected chi connectivity index (χ0v) is 14.0. The van der Waals surface area contributed by atoms with E-state index in [1.54, 1.807) is 0 Å². The molecule has 1 atom stereocenters. The highest BCUT2D eigenvalue weighted by Gasteiger charge is 2.22. The summed E-state index contributed by atoms with van der Waals surface area (Å²) in [7, 11) is 1.90. The number of benzene rings is 1. The molecule has 0 bridgehead atoms. The van der Waals surface area contributed by atoms with E-state index in [0.29, 0.717) is 19.1 Å². The topological polar surface area (TPSA) is 36.4 Å². The van der Waals surface area contributed by atoms with Crippen molar-refractivity contribution in [1.29, 1.82) is 0 Å². The van der Waals surface area contributed by atoms with Crippen molar-refractivity contribution < 1.29 is 4.79 Å². The number of carbonyl (C=O) groups is 1. The number of carbonyl (C=O) groups excluding carboxylic acids is 1. The molecule has 1 aliphatic heterocycles. The van der Waals surface area contributed by atoms with Gasteiger partial charge in [-0.3, -0.25) is 14.7 Å². The maximum atomic E-state index is 12.6. The average molecular weight is 311 g/mol. The molecule has 2 aromatic rings. The fourth-order valence-corrected chi connectivity index (χ4v) is 3.36. The molecular weight excluding hydrogens is 286 g/mol. The highest BCUT2D eigenvalue weighted by molar-refractivity contribution is 5.85. The first kappa shape index (κ1) is 15.9. The van der Waals surface area contributed by atoms with Gasteiger partial charge in [0.25, 0.3) is 0 Å². The molecule has 0 saturated carbocycles. The Morgan fingerprint density at radius 1 is 1.35 bits per heavy atom. The lowest BCUT2D eigenvalue weighted by Crippen LogP contribution is -2.44. The summed E-state index contributed by atoms with van der Waals surface area (Å²) >= 11 is 0. The van der Waals surface area contributed by atoms with Crippen molar-refractivity contribution in [2.24, 2.45) is 0 Å². The van der Waals surface area contributed by atoms with E-state index in [1.807, 2.05) is 36.5 Å². The monoisotopic (exact) mass is 311 g/mol. The molecule has 0 unspecified atom stereocenters. The van der Waals surface area contributed by atoms with Crippen LogP contribution >= 0.6 is 0 Å². The van der Waals surface area contributed by atoms with E-state index >= 15 is 0 Å². The third kappa shape index (κ3) is 3.70. The van der Waals surface area contributed by atoms with Crippen LogP contribution in [0.3, 0.4) is 0 Å². The van der Waals surface area contributed by atoms with E-state index in [-0.39, 0.29) is 5.91 Å². The van der Waals surface area contributed by atoms with Crippen LogP contribution in [0.4, 0.5) is 0 Å². The van der Waals surface area contributed by atoms with Gasteiger partial charge in [0.2, 0.25) is 5.91 Å². The fraction of sp³-hybridized carbons (Fsp3) is 0.474. The zero-order chi connectivity index (χ0) is 16.2. The van der Waals surface area contributed by atoms with Gasteiger partial charge in [-0.1, -0.05) is 24.6 Å². The molecule has 4 heteroatoms. The molecule has 0 spiro atoms. The van der Waals surface area contributed by atoms with E-state index in [9.17, 15) is 4.79 Å². The third-order valence-corrected chi connectivity index (χ3v) is 4.88. The number of piperidine rings is 1. The highest BCUT2D eigenvalue weighted by atomic mass is 16.2. The molecule has 1 amide bonds. The normalized spacial score (nSPS) is 19.0. The molecule has 4 nitrogen and oxygen atoms in total. The summed E-state index contributed by atoms with van der Waals surface area (Å²) < 4.78 is 0. The van der Waals surface area contributed by atoms with Crippen molar-refractivity contribution >= 4 is 16.7 Å². The second-order valence-corrected chi connectivity index (χ2v) is 6.58.